The van der Waals surface area contributed by atoms with Crippen molar-refractivity contribution in [1.29, 1.82) is 0 Å². The summed E-state index contributed by atoms with van der Waals surface area (Å²) in [5, 5.41) is 14.9. The number of imidazole rings is 1. The van der Waals surface area contributed by atoms with Crippen molar-refractivity contribution in [3.8, 4) is 17.1 Å². The van der Waals surface area contributed by atoms with E-state index in [4.69, 9.17) is 9.15 Å². The molecule has 0 aliphatic carbocycles. The van der Waals surface area contributed by atoms with Crippen LogP contribution in [0.5, 0.6) is 5.75 Å². The largest absolute Gasteiger partial charge is 0.486 e. The number of benzene rings is 2. The lowest BCUT2D eigenvalue weighted by atomic mass is 10.2. The molecular formula is C25H21N7O3. The quantitative estimate of drug-likeness (QED) is 0.345. The number of furan rings is 1. The highest BCUT2D eigenvalue weighted by Crippen LogP contribution is 2.23. The number of carbonyl (C=O) groups excluding carboxylic acids is 1. The fraction of sp³-hybridized carbons (Fsp3) is 0.0800. The number of aryl methyl sites for hydroxylation is 1. The van der Waals surface area contributed by atoms with Gasteiger partial charge in [0.25, 0.3) is 5.91 Å². The maximum atomic E-state index is 13.3. The van der Waals surface area contributed by atoms with Crippen LogP contribution in [0.3, 0.4) is 0 Å². The molecule has 5 aromatic rings. The fourth-order valence-corrected chi connectivity index (χ4v) is 3.36. The van der Waals surface area contributed by atoms with Crippen molar-refractivity contribution in [2.45, 2.75) is 6.61 Å². The third-order valence-electron chi connectivity index (χ3n) is 5.19. The lowest BCUT2D eigenvalue weighted by molar-refractivity contribution is -0.111. The second-order valence-electron chi connectivity index (χ2n) is 7.55. The first-order chi connectivity index (χ1) is 17.2. The summed E-state index contributed by atoms with van der Waals surface area (Å²) in [6.07, 6.45) is 6.70. The minimum Gasteiger partial charge on any atom is -0.486 e. The summed E-state index contributed by atoms with van der Waals surface area (Å²) in [6.45, 7) is 0.340. The average Bonchev–Trinajstić information content (AvgIpc) is 3.65. The summed E-state index contributed by atoms with van der Waals surface area (Å²) in [6, 6.07) is 19.9. The van der Waals surface area contributed by atoms with Gasteiger partial charge in [-0.15, -0.1) is 5.10 Å². The number of nitrogens with one attached hydrogen (secondary N) is 1. The Balaban J connectivity index is 1.37. The van der Waals surface area contributed by atoms with E-state index in [2.05, 4.69) is 25.8 Å². The van der Waals surface area contributed by atoms with Crippen LogP contribution in [0.25, 0.3) is 23.2 Å². The topological polar surface area (TPSA) is 113 Å². The summed E-state index contributed by atoms with van der Waals surface area (Å²) in [7, 11) is 1.91. The summed E-state index contributed by atoms with van der Waals surface area (Å²) in [4.78, 5) is 17.6. The van der Waals surface area contributed by atoms with Gasteiger partial charge in [-0.2, -0.15) is 4.68 Å². The molecule has 35 heavy (non-hydrogen) atoms. The van der Waals surface area contributed by atoms with Crippen molar-refractivity contribution in [2.24, 2.45) is 7.05 Å². The van der Waals surface area contributed by atoms with E-state index in [1.807, 2.05) is 48.1 Å². The van der Waals surface area contributed by atoms with Crippen molar-refractivity contribution >= 4 is 23.4 Å². The molecule has 0 radical (unpaired) electrons. The Morgan fingerprint density at radius 1 is 1.09 bits per heavy atom. The van der Waals surface area contributed by atoms with Crippen molar-refractivity contribution in [1.82, 2.24) is 29.8 Å². The smallest absolute Gasteiger partial charge is 0.274 e. The number of amides is 1. The van der Waals surface area contributed by atoms with E-state index in [1.165, 1.54) is 10.9 Å². The van der Waals surface area contributed by atoms with Gasteiger partial charge in [-0.05, 0) is 46.8 Å². The minimum atomic E-state index is -0.410. The zero-order valence-electron chi connectivity index (χ0n) is 18.8. The average molecular weight is 467 g/mol. The number of tetrazole rings is 1. The Bertz CT molecular complexity index is 1440. The molecule has 5 rings (SSSR count). The third-order valence-corrected chi connectivity index (χ3v) is 5.19. The molecule has 0 atom stereocenters. The first-order valence-corrected chi connectivity index (χ1v) is 10.8. The van der Waals surface area contributed by atoms with Crippen molar-refractivity contribution in [3.63, 3.8) is 0 Å². The molecule has 10 nitrogen and oxygen atoms in total. The van der Waals surface area contributed by atoms with Crippen LogP contribution in [0.4, 0.5) is 5.69 Å². The van der Waals surface area contributed by atoms with Crippen LogP contribution in [0.15, 0.2) is 89.8 Å². The molecule has 0 fully saturated rings. The lowest BCUT2D eigenvalue weighted by Gasteiger charge is -2.11. The Labute approximate surface area is 200 Å². The molecule has 1 amide bonds. The molecule has 0 aliphatic rings. The van der Waals surface area contributed by atoms with Gasteiger partial charge in [0, 0.05) is 36.8 Å². The number of ether oxygens (including phenoxy) is 1. The molecule has 3 heterocycles. The summed E-state index contributed by atoms with van der Waals surface area (Å²) < 4.78 is 14.5. The molecule has 10 heteroatoms. The Hall–Kier alpha value is -4.99. The summed E-state index contributed by atoms with van der Waals surface area (Å²) in [5.41, 5.74) is 1.54. The van der Waals surface area contributed by atoms with E-state index >= 15 is 0 Å². The summed E-state index contributed by atoms with van der Waals surface area (Å²) in [5.74, 6) is 1.97. The van der Waals surface area contributed by atoms with E-state index in [0.717, 1.165) is 11.4 Å². The van der Waals surface area contributed by atoms with Crippen LogP contribution in [0.1, 0.15) is 11.6 Å². The zero-order chi connectivity index (χ0) is 24.0. The van der Waals surface area contributed by atoms with Gasteiger partial charge in [0.15, 0.2) is 5.82 Å². The van der Waals surface area contributed by atoms with Gasteiger partial charge in [-0.3, -0.25) is 4.79 Å². The second-order valence-corrected chi connectivity index (χ2v) is 7.55. The predicted molar refractivity (Wildman–Crippen MR) is 129 cm³/mol. The number of hydrogen-bond donors (Lipinski definition) is 1. The van der Waals surface area contributed by atoms with Gasteiger partial charge in [0.2, 0.25) is 0 Å². The zero-order valence-corrected chi connectivity index (χ0v) is 18.8. The molecule has 0 saturated heterocycles. The molecule has 0 unspecified atom stereocenters. The van der Waals surface area contributed by atoms with Gasteiger partial charge in [-0.1, -0.05) is 30.3 Å². The van der Waals surface area contributed by atoms with Gasteiger partial charge in [0.1, 0.15) is 29.6 Å². The van der Waals surface area contributed by atoms with E-state index in [1.54, 1.807) is 48.7 Å². The number of anilines is 1. The van der Waals surface area contributed by atoms with E-state index in [0.29, 0.717) is 29.6 Å². The van der Waals surface area contributed by atoms with Gasteiger partial charge >= 0.3 is 0 Å². The monoisotopic (exact) mass is 467 g/mol. The third kappa shape index (κ3) is 5.01. The number of hydrogen-bond acceptors (Lipinski definition) is 7. The van der Waals surface area contributed by atoms with Crippen LogP contribution in [-0.4, -0.2) is 35.7 Å². The molecule has 1 N–H and O–H groups in total. The first kappa shape index (κ1) is 21.8. The highest BCUT2D eigenvalue weighted by atomic mass is 16.5. The molecule has 3 aromatic heterocycles. The van der Waals surface area contributed by atoms with Crippen molar-refractivity contribution in [3.05, 3.63) is 97.0 Å². The highest BCUT2D eigenvalue weighted by molar-refractivity contribution is 6.24. The molecule has 0 spiro atoms. The first-order valence-electron chi connectivity index (χ1n) is 10.8. The lowest BCUT2D eigenvalue weighted by Crippen LogP contribution is -2.19. The molecular weight excluding hydrogens is 446 g/mol. The van der Waals surface area contributed by atoms with E-state index in [-0.39, 0.29) is 5.70 Å². The van der Waals surface area contributed by atoms with Crippen molar-refractivity contribution < 1.29 is 13.9 Å². The maximum absolute atomic E-state index is 13.3. The number of rotatable bonds is 8. The standard InChI is InChI=1S/C25H21N7O3/c1-31-14-13-26-23(31)17-35-20-11-9-19(10-12-20)27-25(33)22(16-21-8-5-15-34-21)32-24(28-29-30-32)18-6-3-2-4-7-18/h2-16H,17H2,1H3,(H,27,33). The second kappa shape index (κ2) is 9.87. The highest BCUT2D eigenvalue weighted by Gasteiger charge is 2.20. The van der Waals surface area contributed by atoms with Crippen LogP contribution >= 0.6 is 0 Å². The SMILES string of the molecule is Cn1ccnc1COc1ccc(NC(=O)C(=Cc2ccco2)n2nnnc2-c2ccccc2)cc1. The van der Waals surface area contributed by atoms with Gasteiger partial charge in [0.05, 0.1) is 6.26 Å². The van der Waals surface area contributed by atoms with Crippen LogP contribution in [0, 0.1) is 0 Å². The molecule has 2 aromatic carbocycles. The van der Waals surface area contributed by atoms with Crippen LogP contribution in [0.2, 0.25) is 0 Å². The molecule has 0 aliphatic heterocycles. The van der Waals surface area contributed by atoms with Crippen LogP contribution < -0.4 is 10.1 Å². The number of carbonyl (C=O) groups is 1. The van der Waals surface area contributed by atoms with Gasteiger partial charge in [-0.25, -0.2) is 4.98 Å². The Morgan fingerprint density at radius 2 is 1.91 bits per heavy atom. The van der Waals surface area contributed by atoms with Crippen molar-refractivity contribution in [2.75, 3.05) is 5.32 Å². The maximum Gasteiger partial charge on any atom is 0.274 e. The van der Waals surface area contributed by atoms with E-state index < -0.39 is 5.91 Å². The predicted octanol–water partition coefficient (Wildman–Crippen LogP) is 3.88. The number of aromatic nitrogens is 6. The molecule has 0 saturated carbocycles. The summed E-state index contributed by atoms with van der Waals surface area (Å²) >= 11 is 0. The molecule has 0 bridgehead atoms. The van der Waals surface area contributed by atoms with E-state index in [9.17, 15) is 4.79 Å². The Morgan fingerprint density at radius 3 is 2.63 bits per heavy atom. The van der Waals surface area contributed by atoms with Gasteiger partial charge < -0.3 is 19.0 Å². The minimum absolute atomic E-state index is 0.193. The Kier molecular flexibility index (Phi) is 6.16. The number of nitrogens with zero attached hydrogens (tertiary/aromatic N) is 6. The fourth-order valence-electron chi connectivity index (χ4n) is 3.36. The normalized spacial score (nSPS) is 11.4. The molecule has 174 valence electrons. The van der Waals surface area contributed by atoms with Crippen LogP contribution in [-0.2, 0) is 18.4 Å².